The summed E-state index contributed by atoms with van der Waals surface area (Å²) >= 11 is 0. The number of hydrogen-bond donors (Lipinski definition) is 0. The van der Waals surface area contributed by atoms with E-state index in [4.69, 9.17) is 0 Å². The second-order valence-corrected chi connectivity index (χ2v) is 4.01. The van der Waals surface area contributed by atoms with Gasteiger partial charge < -0.3 is 4.90 Å². The molecular weight excluding hydrogens is 152 g/mol. The van der Waals surface area contributed by atoms with Crippen LogP contribution in [0.3, 0.4) is 0 Å². The van der Waals surface area contributed by atoms with E-state index in [0.29, 0.717) is 5.91 Å². The van der Waals surface area contributed by atoms with Gasteiger partial charge in [0.25, 0.3) is 0 Å². The normalized spacial score (nSPS) is 43.8. The molecule has 3 nitrogen and oxygen atoms in total. The van der Waals surface area contributed by atoms with Crippen LogP contribution in [-0.4, -0.2) is 28.7 Å². The molecule has 0 saturated carbocycles. The Balaban J connectivity index is 2.00. The predicted molar refractivity (Wildman–Crippen MR) is 44.9 cm³/mol. The lowest BCUT2D eigenvalue weighted by Crippen LogP contribution is -2.78. The molecule has 1 amide bonds. The maximum Gasteiger partial charge on any atom is 0.237 e. The maximum atomic E-state index is 11.5. The van der Waals surface area contributed by atoms with E-state index in [1.807, 2.05) is 11.8 Å². The molecule has 0 aromatic heterocycles. The van der Waals surface area contributed by atoms with Crippen LogP contribution in [0.5, 0.6) is 0 Å². The molecule has 3 aliphatic heterocycles. The molecule has 64 valence electrons. The van der Waals surface area contributed by atoms with E-state index in [1.54, 1.807) is 0 Å². The number of hydrogen-bond acceptors (Lipinski definition) is 2. The summed E-state index contributed by atoms with van der Waals surface area (Å²) in [5, 5.41) is 0. The Labute approximate surface area is 71.5 Å². The Morgan fingerprint density at radius 1 is 1.58 bits per heavy atom. The van der Waals surface area contributed by atoms with Crippen molar-refractivity contribution in [3.05, 3.63) is 0 Å². The number of β-lactam (4-membered cyclic amide) rings is 1. The molecule has 0 radical (unpaired) electrons. The second kappa shape index (κ2) is 1.73. The summed E-state index contributed by atoms with van der Waals surface area (Å²) in [4.78, 5) is 18.0. The Hall–Kier alpha value is -0.860. The van der Waals surface area contributed by atoms with E-state index in [-0.39, 0.29) is 11.6 Å². The SMILES string of the molecule is CC1=N[C@@]23CCCCN2C(=O)[C@@H]13. The smallest absolute Gasteiger partial charge is 0.237 e. The summed E-state index contributed by atoms with van der Waals surface area (Å²) in [7, 11) is 0. The Morgan fingerprint density at radius 2 is 2.42 bits per heavy atom. The number of piperidine rings is 1. The van der Waals surface area contributed by atoms with Crippen LogP contribution in [0.2, 0.25) is 0 Å². The average molecular weight is 164 g/mol. The van der Waals surface area contributed by atoms with Crippen molar-refractivity contribution >= 4 is 11.6 Å². The van der Waals surface area contributed by atoms with Gasteiger partial charge in [0.15, 0.2) is 5.66 Å². The third-order valence-electron chi connectivity index (χ3n) is 3.41. The van der Waals surface area contributed by atoms with Gasteiger partial charge in [-0.05, 0) is 26.2 Å². The van der Waals surface area contributed by atoms with E-state index < -0.39 is 0 Å². The standard InChI is InChI=1S/C9H12N2O/c1-6-7-8(12)11-5-3-2-4-9(7,11)10-6/h7H,2-5H2,1H3/t7-,9+/m1/s1. The summed E-state index contributed by atoms with van der Waals surface area (Å²) < 4.78 is 0. The van der Waals surface area contributed by atoms with Gasteiger partial charge in [0.2, 0.25) is 5.91 Å². The van der Waals surface area contributed by atoms with Crippen LogP contribution in [0.1, 0.15) is 26.2 Å². The van der Waals surface area contributed by atoms with E-state index in [2.05, 4.69) is 4.99 Å². The molecule has 0 aromatic rings. The van der Waals surface area contributed by atoms with Crippen molar-refractivity contribution in [3.8, 4) is 0 Å². The fraction of sp³-hybridized carbons (Fsp3) is 0.778. The molecular formula is C9H12N2O. The highest BCUT2D eigenvalue weighted by Gasteiger charge is 2.66. The monoisotopic (exact) mass is 164 g/mol. The minimum atomic E-state index is -0.0284. The molecule has 0 aliphatic carbocycles. The quantitative estimate of drug-likeness (QED) is 0.487. The number of amides is 1. The molecule has 12 heavy (non-hydrogen) atoms. The largest absolute Gasteiger partial charge is 0.316 e. The van der Waals surface area contributed by atoms with Crippen LogP contribution in [0.25, 0.3) is 0 Å². The number of carbonyl (C=O) groups is 1. The van der Waals surface area contributed by atoms with Gasteiger partial charge in [0.1, 0.15) is 5.92 Å². The highest BCUT2D eigenvalue weighted by atomic mass is 16.2. The average Bonchev–Trinajstić information content (AvgIpc) is 2.03. The minimum Gasteiger partial charge on any atom is -0.316 e. The van der Waals surface area contributed by atoms with Gasteiger partial charge in [-0.25, -0.2) is 0 Å². The molecule has 1 spiro atoms. The van der Waals surface area contributed by atoms with Gasteiger partial charge in [-0.3, -0.25) is 9.79 Å². The topological polar surface area (TPSA) is 32.7 Å². The van der Waals surface area contributed by atoms with Gasteiger partial charge in [0, 0.05) is 12.3 Å². The Bertz CT molecular complexity index is 297. The summed E-state index contributed by atoms with van der Waals surface area (Å²) in [5.41, 5.74) is 1.03. The van der Waals surface area contributed by atoms with Crippen molar-refractivity contribution < 1.29 is 4.79 Å². The first-order valence-corrected chi connectivity index (χ1v) is 4.63. The summed E-state index contributed by atoms with van der Waals surface area (Å²) in [5.74, 6) is 0.500. The first-order chi connectivity index (χ1) is 5.76. The highest BCUT2D eigenvalue weighted by molar-refractivity contribution is 6.14. The lowest BCUT2D eigenvalue weighted by atomic mass is 9.67. The molecule has 2 atom stereocenters. The molecule has 0 unspecified atom stereocenters. The molecule has 3 heteroatoms. The Morgan fingerprint density at radius 3 is 3.17 bits per heavy atom. The molecule has 0 N–H and O–H groups in total. The van der Waals surface area contributed by atoms with Crippen LogP contribution in [0.4, 0.5) is 0 Å². The first kappa shape index (κ1) is 6.63. The zero-order valence-electron chi connectivity index (χ0n) is 7.21. The number of carbonyl (C=O) groups excluding carboxylic acids is 1. The molecule has 3 heterocycles. The third-order valence-corrected chi connectivity index (χ3v) is 3.41. The molecule has 2 fully saturated rings. The van der Waals surface area contributed by atoms with Crippen LogP contribution in [-0.2, 0) is 4.79 Å². The fourth-order valence-corrected chi connectivity index (χ4v) is 2.87. The zero-order chi connectivity index (χ0) is 8.34. The summed E-state index contributed by atoms with van der Waals surface area (Å²) in [6.07, 6.45) is 3.49. The van der Waals surface area contributed by atoms with Crippen molar-refractivity contribution in [2.24, 2.45) is 10.9 Å². The third kappa shape index (κ3) is 0.464. The molecule has 2 saturated heterocycles. The highest BCUT2D eigenvalue weighted by Crippen LogP contribution is 2.52. The van der Waals surface area contributed by atoms with Crippen molar-refractivity contribution in [1.29, 1.82) is 0 Å². The van der Waals surface area contributed by atoms with E-state index in [0.717, 1.165) is 25.1 Å². The van der Waals surface area contributed by atoms with Gasteiger partial charge in [-0.1, -0.05) is 0 Å². The van der Waals surface area contributed by atoms with Crippen LogP contribution < -0.4 is 0 Å². The first-order valence-electron chi connectivity index (χ1n) is 4.63. The van der Waals surface area contributed by atoms with Gasteiger partial charge in [-0.15, -0.1) is 0 Å². The summed E-state index contributed by atoms with van der Waals surface area (Å²) in [6, 6.07) is 0. The maximum absolute atomic E-state index is 11.5. The summed E-state index contributed by atoms with van der Waals surface area (Å²) in [6.45, 7) is 2.91. The van der Waals surface area contributed by atoms with Gasteiger partial charge in [-0.2, -0.15) is 0 Å². The molecule has 0 bridgehead atoms. The van der Waals surface area contributed by atoms with Crippen LogP contribution >= 0.6 is 0 Å². The minimum absolute atomic E-state index is 0.0284. The van der Waals surface area contributed by atoms with E-state index in [9.17, 15) is 4.79 Å². The number of rotatable bonds is 0. The lowest BCUT2D eigenvalue weighted by molar-refractivity contribution is -0.173. The zero-order valence-corrected chi connectivity index (χ0v) is 7.21. The van der Waals surface area contributed by atoms with E-state index >= 15 is 0 Å². The Kier molecular flexibility index (Phi) is 0.955. The van der Waals surface area contributed by atoms with Gasteiger partial charge >= 0.3 is 0 Å². The predicted octanol–water partition coefficient (Wildman–Crippen LogP) is 0.800. The molecule has 0 aromatic carbocycles. The second-order valence-electron chi connectivity index (χ2n) is 4.01. The molecule has 3 aliphatic rings. The van der Waals surface area contributed by atoms with Crippen molar-refractivity contribution in [1.82, 2.24) is 4.90 Å². The number of nitrogens with zero attached hydrogens (tertiary/aromatic N) is 2. The number of aliphatic imine (C=N–C) groups is 1. The van der Waals surface area contributed by atoms with Crippen molar-refractivity contribution in [2.45, 2.75) is 31.8 Å². The lowest BCUT2D eigenvalue weighted by Gasteiger charge is -2.62. The fourth-order valence-electron chi connectivity index (χ4n) is 2.87. The van der Waals surface area contributed by atoms with Crippen molar-refractivity contribution in [2.75, 3.05) is 6.54 Å². The van der Waals surface area contributed by atoms with Crippen LogP contribution in [0.15, 0.2) is 4.99 Å². The van der Waals surface area contributed by atoms with E-state index in [1.165, 1.54) is 6.42 Å². The molecule has 3 rings (SSSR count). The van der Waals surface area contributed by atoms with Crippen molar-refractivity contribution in [3.63, 3.8) is 0 Å². The van der Waals surface area contributed by atoms with Gasteiger partial charge in [0.05, 0.1) is 0 Å². The van der Waals surface area contributed by atoms with Crippen LogP contribution in [0, 0.1) is 5.92 Å².